The molecule has 1 aromatic carbocycles. The van der Waals surface area contributed by atoms with E-state index in [0.29, 0.717) is 19.6 Å². The Bertz CT molecular complexity index is 738. The van der Waals surface area contributed by atoms with E-state index in [9.17, 15) is 13.2 Å². The molecule has 3 saturated heterocycles. The van der Waals surface area contributed by atoms with Crippen molar-refractivity contribution in [3.63, 3.8) is 0 Å². The largest absolute Gasteiger partial charge is 0.331 e. The molecule has 2 amide bonds. The fourth-order valence-corrected chi connectivity index (χ4v) is 5.77. The molecule has 2 atom stereocenters. The van der Waals surface area contributed by atoms with E-state index >= 15 is 0 Å². The Balaban J connectivity index is 1.91. The molecule has 0 aromatic heterocycles. The number of rotatable bonds is 2. The zero-order valence-electron chi connectivity index (χ0n) is 13.9. The molecule has 4 rings (SSSR count). The second-order valence-electron chi connectivity index (χ2n) is 6.68. The van der Waals surface area contributed by atoms with Crippen molar-refractivity contribution in [1.82, 2.24) is 14.1 Å². The number of nitrogens with zero attached hydrogens (tertiary/aromatic N) is 3. The highest BCUT2D eigenvalue weighted by Crippen LogP contribution is 2.34. The number of halogens is 1. The van der Waals surface area contributed by atoms with Crippen LogP contribution in [0.2, 0.25) is 5.02 Å². The van der Waals surface area contributed by atoms with Gasteiger partial charge in [0.25, 0.3) is 0 Å². The predicted octanol–water partition coefficient (Wildman–Crippen LogP) is 2.11. The number of hydrogen-bond acceptors (Lipinski definition) is 3. The number of carbonyl (C=O) groups is 1. The Morgan fingerprint density at radius 2 is 1.88 bits per heavy atom. The maximum atomic E-state index is 13.1. The van der Waals surface area contributed by atoms with E-state index < -0.39 is 10.0 Å². The molecule has 0 N–H and O–H groups in total. The average Bonchev–Trinajstić information content (AvgIpc) is 2.86. The average molecular weight is 372 g/mol. The fraction of sp³-hybridized carbons (Fsp3) is 0.562. The van der Waals surface area contributed by atoms with Crippen molar-refractivity contribution in [3.05, 3.63) is 29.3 Å². The first-order chi connectivity index (χ1) is 11.3. The molecule has 0 saturated carbocycles. The molecule has 0 aliphatic carbocycles. The van der Waals surface area contributed by atoms with Crippen molar-refractivity contribution in [2.45, 2.75) is 23.8 Å². The van der Waals surface area contributed by atoms with Gasteiger partial charge in [0.15, 0.2) is 0 Å². The molecule has 6 nitrogen and oxygen atoms in total. The van der Waals surface area contributed by atoms with E-state index in [2.05, 4.69) is 0 Å². The monoisotopic (exact) mass is 371 g/mol. The van der Waals surface area contributed by atoms with E-state index in [1.807, 2.05) is 0 Å². The lowest BCUT2D eigenvalue weighted by Gasteiger charge is -2.35. The Labute approximate surface area is 148 Å². The van der Waals surface area contributed by atoms with Crippen molar-refractivity contribution in [2.75, 3.05) is 33.7 Å². The van der Waals surface area contributed by atoms with Crippen LogP contribution in [0.5, 0.6) is 0 Å². The first-order valence-corrected chi connectivity index (χ1v) is 9.85. The van der Waals surface area contributed by atoms with Crippen molar-refractivity contribution in [3.8, 4) is 0 Å². The number of carbonyl (C=O) groups excluding carboxylic acids is 1. The minimum absolute atomic E-state index is 0.0658. The van der Waals surface area contributed by atoms with Crippen LogP contribution in [0.1, 0.15) is 12.8 Å². The summed E-state index contributed by atoms with van der Waals surface area (Å²) in [5.74, 6) is 0.157. The minimum Gasteiger partial charge on any atom is -0.331 e. The van der Waals surface area contributed by atoms with Crippen molar-refractivity contribution in [2.24, 2.45) is 5.92 Å². The van der Waals surface area contributed by atoms with Gasteiger partial charge >= 0.3 is 6.03 Å². The fourth-order valence-electron chi connectivity index (χ4n) is 3.55. The quantitative estimate of drug-likeness (QED) is 0.799. The van der Waals surface area contributed by atoms with Gasteiger partial charge in [0.2, 0.25) is 10.0 Å². The van der Waals surface area contributed by atoms with Gasteiger partial charge in [0.05, 0.1) is 5.02 Å². The van der Waals surface area contributed by atoms with Crippen LogP contribution in [0.15, 0.2) is 29.2 Å². The van der Waals surface area contributed by atoms with Gasteiger partial charge in [-0.2, -0.15) is 4.31 Å². The Hall–Kier alpha value is -1.31. The van der Waals surface area contributed by atoms with Crippen LogP contribution < -0.4 is 0 Å². The van der Waals surface area contributed by atoms with E-state index in [1.54, 1.807) is 47.6 Å². The first-order valence-electron chi connectivity index (χ1n) is 8.03. The topological polar surface area (TPSA) is 60.9 Å². The SMILES string of the molecule is CN(C)C(=O)N1C[C@H]2CC[C@@H](C1)N(S(=O)(=O)c1ccccc1Cl)C2. The molecule has 24 heavy (non-hydrogen) atoms. The minimum atomic E-state index is -3.67. The summed E-state index contributed by atoms with van der Waals surface area (Å²) in [7, 11) is -0.235. The first kappa shape index (κ1) is 17.5. The number of amides is 2. The summed E-state index contributed by atoms with van der Waals surface area (Å²) in [5.41, 5.74) is 0. The number of fused-ring (bicyclic) bond motifs is 4. The second kappa shape index (κ2) is 6.54. The van der Waals surface area contributed by atoms with Gasteiger partial charge < -0.3 is 9.80 Å². The second-order valence-corrected chi connectivity index (χ2v) is 8.95. The maximum Gasteiger partial charge on any atom is 0.319 e. The van der Waals surface area contributed by atoms with Gasteiger partial charge in [-0.05, 0) is 30.9 Å². The highest BCUT2D eigenvalue weighted by atomic mass is 35.5. The summed E-state index contributed by atoms with van der Waals surface area (Å²) in [6.07, 6.45) is 1.71. The van der Waals surface area contributed by atoms with Gasteiger partial charge in [-0.15, -0.1) is 0 Å². The highest BCUT2D eigenvalue weighted by molar-refractivity contribution is 7.89. The molecule has 3 fully saturated rings. The van der Waals surface area contributed by atoms with Gasteiger partial charge in [-0.1, -0.05) is 23.7 Å². The molecule has 0 spiro atoms. The summed E-state index contributed by atoms with van der Waals surface area (Å²) < 4.78 is 27.7. The molecule has 2 bridgehead atoms. The van der Waals surface area contributed by atoms with Crippen LogP contribution in [0, 0.1) is 5.92 Å². The van der Waals surface area contributed by atoms with Gasteiger partial charge in [-0.25, -0.2) is 13.2 Å². The lowest BCUT2D eigenvalue weighted by molar-refractivity contribution is 0.167. The van der Waals surface area contributed by atoms with Gasteiger partial charge in [0, 0.05) is 39.8 Å². The van der Waals surface area contributed by atoms with Crippen molar-refractivity contribution >= 4 is 27.7 Å². The Morgan fingerprint density at radius 1 is 1.17 bits per heavy atom. The van der Waals surface area contributed by atoms with Crippen LogP contribution >= 0.6 is 11.6 Å². The molecule has 3 heterocycles. The van der Waals surface area contributed by atoms with E-state index in [-0.39, 0.29) is 27.9 Å². The standard InChI is InChI=1S/C16H22ClN3O3S/c1-18(2)16(21)19-9-12-7-8-13(11-19)20(10-12)24(22,23)15-6-4-3-5-14(15)17/h3-6,12-13H,7-11H2,1-2H3/t12-,13+/m1/s1. The molecule has 132 valence electrons. The highest BCUT2D eigenvalue weighted by Gasteiger charge is 2.42. The number of hydrogen-bond donors (Lipinski definition) is 0. The molecule has 1 aromatic rings. The number of sulfonamides is 1. The summed E-state index contributed by atoms with van der Waals surface area (Å²) in [6.45, 7) is 1.47. The summed E-state index contributed by atoms with van der Waals surface area (Å²) in [4.78, 5) is 15.8. The molecule has 0 unspecified atom stereocenters. The summed E-state index contributed by atoms with van der Waals surface area (Å²) in [6, 6.07) is 6.26. The van der Waals surface area contributed by atoms with Crippen LogP contribution in [0.3, 0.4) is 0 Å². The normalized spacial score (nSPS) is 24.7. The predicted molar refractivity (Wildman–Crippen MR) is 92.5 cm³/mol. The lowest BCUT2D eigenvalue weighted by Crippen LogP contribution is -2.48. The third-order valence-corrected chi connectivity index (χ3v) is 7.16. The van der Waals surface area contributed by atoms with Crippen LogP contribution in [-0.4, -0.2) is 68.3 Å². The van der Waals surface area contributed by atoms with E-state index in [1.165, 1.54) is 4.90 Å². The Kier molecular flexibility index (Phi) is 4.77. The third-order valence-electron chi connectivity index (χ3n) is 4.74. The lowest BCUT2D eigenvalue weighted by atomic mass is 9.97. The van der Waals surface area contributed by atoms with E-state index in [0.717, 1.165) is 12.8 Å². The summed E-state index contributed by atoms with van der Waals surface area (Å²) >= 11 is 6.11. The Morgan fingerprint density at radius 3 is 2.54 bits per heavy atom. The number of urea groups is 1. The molecule has 8 heteroatoms. The molecular weight excluding hydrogens is 350 g/mol. The summed E-state index contributed by atoms with van der Waals surface area (Å²) in [5, 5.41) is 0.235. The van der Waals surface area contributed by atoms with E-state index in [4.69, 9.17) is 11.6 Å². The maximum absolute atomic E-state index is 13.1. The molecule has 0 radical (unpaired) electrons. The van der Waals surface area contributed by atoms with Gasteiger partial charge in [0.1, 0.15) is 4.90 Å². The number of benzene rings is 1. The zero-order valence-corrected chi connectivity index (χ0v) is 15.4. The van der Waals surface area contributed by atoms with Crippen LogP contribution in [-0.2, 0) is 10.0 Å². The molecule has 3 aliphatic rings. The van der Waals surface area contributed by atoms with Crippen LogP contribution in [0.25, 0.3) is 0 Å². The van der Waals surface area contributed by atoms with Crippen molar-refractivity contribution in [1.29, 1.82) is 0 Å². The zero-order chi connectivity index (χ0) is 17.5. The van der Waals surface area contributed by atoms with Crippen molar-refractivity contribution < 1.29 is 13.2 Å². The smallest absolute Gasteiger partial charge is 0.319 e. The van der Waals surface area contributed by atoms with Crippen LogP contribution in [0.4, 0.5) is 4.79 Å². The molecular formula is C16H22ClN3O3S. The number of piperidine rings is 1. The third kappa shape index (κ3) is 3.12. The van der Waals surface area contributed by atoms with Gasteiger partial charge in [-0.3, -0.25) is 0 Å². The molecule has 3 aliphatic heterocycles.